The van der Waals surface area contributed by atoms with Gasteiger partial charge in [-0.1, -0.05) is 30.0 Å². The molecule has 2 nitrogen and oxygen atoms in total. The van der Waals surface area contributed by atoms with Crippen molar-refractivity contribution in [2.45, 2.75) is 19.9 Å². The summed E-state index contributed by atoms with van der Waals surface area (Å²) in [6.45, 7) is 10.6. The fraction of sp³-hybridized carbons (Fsp3) is 0.250. The van der Waals surface area contributed by atoms with Gasteiger partial charge in [-0.25, -0.2) is 4.85 Å². The van der Waals surface area contributed by atoms with Crippen molar-refractivity contribution >= 4 is 5.69 Å². The lowest BCUT2D eigenvalue weighted by atomic mass is 10.1. The molecule has 0 amide bonds. The Bertz CT molecular complexity index is 428. The van der Waals surface area contributed by atoms with Gasteiger partial charge < -0.3 is 5.73 Å². The van der Waals surface area contributed by atoms with Gasteiger partial charge in [-0.15, -0.1) is 0 Å². The largest absolute Gasteiger partial charge is 0.318 e. The summed E-state index contributed by atoms with van der Waals surface area (Å²) in [6, 6.07) is 5.42. The Morgan fingerprint density at radius 1 is 1.50 bits per heavy atom. The van der Waals surface area contributed by atoms with Gasteiger partial charge in [0, 0.05) is 5.56 Å². The highest BCUT2D eigenvalue weighted by Gasteiger charge is 1.96. The highest BCUT2D eigenvalue weighted by atomic mass is 14.6. The molecule has 1 unspecified atom stereocenters. The maximum absolute atomic E-state index is 6.89. The minimum Gasteiger partial charge on any atom is -0.318 e. The van der Waals surface area contributed by atoms with Crippen LogP contribution >= 0.6 is 0 Å². The van der Waals surface area contributed by atoms with Crippen LogP contribution in [0.25, 0.3) is 4.85 Å². The topological polar surface area (TPSA) is 30.4 Å². The van der Waals surface area contributed by atoms with Crippen molar-refractivity contribution in [1.29, 1.82) is 0 Å². The monoisotopic (exact) mass is 184 g/mol. The van der Waals surface area contributed by atoms with Gasteiger partial charge in [0.1, 0.15) is 0 Å². The lowest BCUT2D eigenvalue weighted by Gasteiger charge is -1.97. The first-order chi connectivity index (χ1) is 6.63. The van der Waals surface area contributed by atoms with Crippen molar-refractivity contribution in [2.75, 3.05) is 0 Å². The Labute approximate surface area is 84.6 Å². The second-order valence-corrected chi connectivity index (χ2v) is 3.17. The van der Waals surface area contributed by atoms with E-state index < -0.39 is 0 Å². The summed E-state index contributed by atoms with van der Waals surface area (Å²) in [4.78, 5) is 3.38. The normalized spacial score (nSPS) is 11.0. The molecule has 1 rings (SSSR count). The Kier molecular flexibility index (Phi) is 3.29. The number of nitrogens with zero attached hydrogens (tertiary/aromatic N) is 1. The van der Waals surface area contributed by atoms with Crippen molar-refractivity contribution in [1.82, 2.24) is 0 Å². The van der Waals surface area contributed by atoms with Crippen LogP contribution < -0.4 is 5.73 Å². The Balaban J connectivity index is 3.01. The maximum atomic E-state index is 6.89. The number of hydrogen-bond donors (Lipinski definition) is 1. The molecule has 0 aromatic heterocycles. The molecule has 2 heteroatoms. The van der Waals surface area contributed by atoms with E-state index >= 15 is 0 Å². The van der Waals surface area contributed by atoms with Gasteiger partial charge in [0.2, 0.25) is 0 Å². The van der Waals surface area contributed by atoms with E-state index in [2.05, 4.69) is 16.7 Å². The molecule has 0 aliphatic rings. The molecule has 0 fully saturated rings. The third-order valence-electron chi connectivity index (χ3n) is 1.76. The first-order valence-electron chi connectivity index (χ1n) is 4.38. The number of nitrogens with two attached hydrogens (primary N) is 1. The quantitative estimate of drug-likeness (QED) is 0.486. The molecular formula is C12H12N2. The third-order valence-corrected chi connectivity index (χ3v) is 1.76. The lowest BCUT2D eigenvalue weighted by Crippen LogP contribution is -2.10. The average Bonchev–Trinajstić information content (AvgIpc) is 2.15. The summed E-state index contributed by atoms with van der Waals surface area (Å²) >= 11 is 0. The molecule has 1 aromatic rings. The summed E-state index contributed by atoms with van der Waals surface area (Å²) in [5.74, 6) is 5.84. The molecule has 1 atom stereocenters. The summed E-state index contributed by atoms with van der Waals surface area (Å²) in [5.41, 5.74) is 8.05. The van der Waals surface area contributed by atoms with Crippen LogP contribution in [0.15, 0.2) is 18.2 Å². The van der Waals surface area contributed by atoms with Crippen LogP contribution in [0.5, 0.6) is 0 Å². The third kappa shape index (κ3) is 2.62. The SMILES string of the molecule is [C-]#[N+]c1ccc(C#CC(C)N)cc1C. The molecule has 0 aliphatic heterocycles. The maximum Gasteiger partial charge on any atom is 0.190 e. The van der Waals surface area contributed by atoms with Crippen LogP contribution in [0.2, 0.25) is 0 Å². The Morgan fingerprint density at radius 2 is 2.21 bits per heavy atom. The average molecular weight is 184 g/mol. The zero-order valence-electron chi connectivity index (χ0n) is 8.33. The van der Waals surface area contributed by atoms with Gasteiger partial charge >= 0.3 is 0 Å². The van der Waals surface area contributed by atoms with Crippen LogP contribution in [0.1, 0.15) is 18.1 Å². The van der Waals surface area contributed by atoms with E-state index in [0.717, 1.165) is 11.1 Å². The molecule has 0 spiro atoms. The van der Waals surface area contributed by atoms with Gasteiger partial charge in [0.15, 0.2) is 5.69 Å². The molecule has 0 saturated carbocycles. The lowest BCUT2D eigenvalue weighted by molar-refractivity contribution is 0.959. The zero-order chi connectivity index (χ0) is 10.6. The summed E-state index contributed by atoms with van der Waals surface area (Å²) in [7, 11) is 0. The fourth-order valence-electron chi connectivity index (χ4n) is 1.06. The van der Waals surface area contributed by atoms with Crippen molar-refractivity contribution < 1.29 is 0 Å². The molecule has 0 bridgehead atoms. The number of hydrogen-bond acceptors (Lipinski definition) is 1. The second kappa shape index (κ2) is 4.46. The minimum absolute atomic E-state index is 0.115. The van der Waals surface area contributed by atoms with Crippen LogP contribution in [-0.2, 0) is 0 Å². The number of rotatable bonds is 0. The van der Waals surface area contributed by atoms with Crippen LogP contribution in [-0.4, -0.2) is 6.04 Å². The number of aryl methyl sites for hydroxylation is 1. The minimum atomic E-state index is -0.115. The van der Waals surface area contributed by atoms with Crippen LogP contribution in [0.4, 0.5) is 5.69 Å². The number of benzene rings is 1. The van der Waals surface area contributed by atoms with E-state index in [0.29, 0.717) is 5.69 Å². The molecule has 0 saturated heterocycles. The predicted octanol–water partition coefficient (Wildman–Crippen LogP) is 2.24. The predicted molar refractivity (Wildman–Crippen MR) is 58.0 cm³/mol. The summed E-state index contributed by atoms with van der Waals surface area (Å²) in [5, 5.41) is 0. The highest BCUT2D eigenvalue weighted by Crippen LogP contribution is 2.18. The molecule has 0 aliphatic carbocycles. The van der Waals surface area contributed by atoms with Gasteiger partial charge in [-0.2, -0.15) is 0 Å². The molecular weight excluding hydrogens is 172 g/mol. The smallest absolute Gasteiger partial charge is 0.190 e. The standard InChI is InChI=1S/C12H12N2/c1-9-8-11(5-4-10(2)13)6-7-12(9)14-3/h6-8,10H,13H2,1-2H3. The summed E-state index contributed by atoms with van der Waals surface area (Å²) in [6.07, 6.45) is 0. The fourth-order valence-corrected chi connectivity index (χ4v) is 1.06. The van der Waals surface area contributed by atoms with E-state index in [4.69, 9.17) is 12.3 Å². The van der Waals surface area contributed by atoms with E-state index in [9.17, 15) is 0 Å². The first-order valence-corrected chi connectivity index (χ1v) is 4.38. The van der Waals surface area contributed by atoms with Crippen LogP contribution in [0, 0.1) is 25.3 Å². The molecule has 70 valence electrons. The molecule has 0 radical (unpaired) electrons. The van der Waals surface area contributed by atoms with Crippen molar-refractivity contribution in [3.8, 4) is 11.8 Å². The van der Waals surface area contributed by atoms with Gasteiger partial charge in [-0.05, 0) is 19.4 Å². The van der Waals surface area contributed by atoms with Crippen LogP contribution in [0.3, 0.4) is 0 Å². The van der Waals surface area contributed by atoms with Crippen molar-refractivity contribution in [3.63, 3.8) is 0 Å². The van der Waals surface area contributed by atoms with Crippen molar-refractivity contribution in [3.05, 3.63) is 40.7 Å². The molecule has 1 aromatic carbocycles. The van der Waals surface area contributed by atoms with Crippen molar-refractivity contribution in [2.24, 2.45) is 5.73 Å². The Morgan fingerprint density at radius 3 is 2.71 bits per heavy atom. The molecule has 2 N–H and O–H groups in total. The Hall–Kier alpha value is -1.77. The van der Waals surface area contributed by atoms with Gasteiger partial charge in [0.25, 0.3) is 0 Å². The van der Waals surface area contributed by atoms with E-state index in [1.54, 1.807) is 6.07 Å². The van der Waals surface area contributed by atoms with E-state index in [1.807, 2.05) is 26.0 Å². The molecule has 0 heterocycles. The first kappa shape index (κ1) is 10.3. The van der Waals surface area contributed by atoms with E-state index in [-0.39, 0.29) is 6.04 Å². The van der Waals surface area contributed by atoms with Gasteiger partial charge in [-0.3, -0.25) is 0 Å². The van der Waals surface area contributed by atoms with E-state index in [1.165, 1.54) is 0 Å². The highest BCUT2D eigenvalue weighted by molar-refractivity contribution is 5.55. The summed E-state index contributed by atoms with van der Waals surface area (Å²) < 4.78 is 0. The van der Waals surface area contributed by atoms with Gasteiger partial charge in [0.05, 0.1) is 12.6 Å². The zero-order valence-corrected chi connectivity index (χ0v) is 8.33. The molecule has 14 heavy (non-hydrogen) atoms. The second-order valence-electron chi connectivity index (χ2n) is 3.17.